The van der Waals surface area contributed by atoms with E-state index in [0.29, 0.717) is 55.3 Å². The summed E-state index contributed by atoms with van der Waals surface area (Å²) in [7, 11) is 1.52. The van der Waals surface area contributed by atoms with Gasteiger partial charge in [-0.25, -0.2) is 4.79 Å². The summed E-state index contributed by atoms with van der Waals surface area (Å²) in [5.74, 6) is -1.06. The number of H-pyrrole nitrogens is 1. The third-order valence-electron chi connectivity index (χ3n) is 5.36. The van der Waals surface area contributed by atoms with Gasteiger partial charge in [-0.3, -0.25) is 9.59 Å². The minimum Gasteiger partial charge on any atom is -0.507 e. The third-order valence-corrected chi connectivity index (χ3v) is 5.36. The van der Waals surface area contributed by atoms with E-state index in [2.05, 4.69) is 4.98 Å². The second kappa shape index (κ2) is 9.65. The van der Waals surface area contributed by atoms with Crippen LogP contribution in [-0.4, -0.2) is 84.2 Å². The van der Waals surface area contributed by atoms with Gasteiger partial charge in [-0.1, -0.05) is 12.1 Å². The molecule has 2 heterocycles. The van der Waals surface area contributed by atoms with Crippen LogP contribution in [0.5, 0.6) is 5.75 Å². The molecule has 0 atom stereocenters. The van der Waals surface area contributed by atoms with Crippen LogP contribution >= 0.6 is 0 Å². The fraction of sp³-hybridized carbons (Fsp3) is 0.409. The van der Waals surface area contributed by atoms with Crippen LogP contribution in [0.1, 0.15) is 42.5 Å². The maximum atomic E-state index is 13.0. The first kappa shape index (κ1) is 22.4. The average Bonchev–Trinajstić information content (AvgIpc) is 3.07. The number of rotatable bonds is 6. The molecular formula is C22H27N3O6. The Bertz CT molecular complexity index is 976. The van der Waals surface area contributed by atoms with E-state index >= 15 is 0 Å². The normalized spacial score (nSPS) is 13.9. The van der Waals surface area contributed by atoms with E-state index in [1.807, 2.05) is 0 Å². The molecule has 31 heavy (non-hydrogen) atoms. The van der Waals surface area contributed by atoms with E-state index in [4.69, 9.17) is 9.47 Å². The molecule has 0 radical (unpaired) electrons. The highest BCUT2D eigenvalue weighted by Gasteiger charge is 2.30. The van der Waals surface area contributed by atoms with Gasteiger partial charge in [0.2, 0.25) is 0 Å². The zero-order valence-electron chi connectivity index (χ0n) is 17.9. The molecule has 1 aliphatic heterocycles. The van der Waals surface area contributed by atoms with Gasteiger partial charge in [0.15, 0.2) is 0 Å². The molecule has 2 aromatic rings. The molecule has 2 amide bonds. The molecule has 0 saturated carbocycles. The number of aromatic hydroxyl groups is 1. The number of nitrogens with zero attached hydrogens (tertiary/aromatic N) is 2. The predicted octanol–water partition coefficient (Wildman–Crippen LogP) is 1.74. The molecule has 1 aliphatic rings. The number of hydrogen-bond acceptors (Lipinski definition) is 6. The van der Waals surface area contributed by atoms with Gasteiger partial charge in [-0.2, -0.15) is 0 Å². The highest BCUT2D eigenvalue weighted by Crippen LogP contribution is 2.22. The summed E-state index contributed by atoms with van der Waals surface area (Å²) in [6.45, 7) is 5.26. The summed E-state index contributed by atoms with van der Waals surface area (Å²) in [5.41, 5.74) is 2.05. The Morgan fingerprint density at radius 1 is 1.00 bits per heavy atom. The van der Waals surface area contributed by atoms with Crippen molar-refractivity contribution in [3.63, 3.8) is 0 Å². The molecule has 1 fully saturated rings. The first-order valence-corrected chi connectivity index (χ1v) is 10.1. The van der Waals surface area contributed by atoms with Crippen LogP contribution in [-0.2, 0) is 9.47 Å². The van der Waals surface area contributed by atoms with Crippen molar-refractivity contribution in [1.82, 2.24) is 14.8 Å². The molecular weight excluding hydrogens is 402 g/mol. The number of methoxy groups -OCH3 is 1. The van der Waals surface area contributed by atoms with Gasteiger partial charge < -0.3 is 29.4 Å². The number of amides is 2. The number of aryl methyl sites for hydroxylation is 1. The molecule has 0 aliphatic carbocycles. The van der Waals surface area contributed by atoms with E-state index in [9.17, 15) is 19.5 Å². The van der Waals surface area contributed by atoms with Gasteiger partial charge in [-0.05, 0) is 31.5 Å². The van der Waals surface area contributed by atoms with Gasteiger partial charge in [0.05, 0.1) is 17.7 Å². The van der Waals surface area contributed by atoms with Crippen LogP contribution in [0.3, 0.4) is 0 Å². The zero-order valence-corrected chi connectivity index (χ0v) is 17.9. The van der Waals surface area contributed by atoms with Gasteiger partial charge >= 0.3 is 5.97 Å². The van der Waals surface area contributed by atoms with Crippen LogP contribution in [0.25, 0.3) is 0 Å². The summed E-state index contributed by atoms with van der Waals surface area (Å²) in [6, 6.07) is 6.40. The summed E-state index contributed by atoms with van der Waals surface area (Å²) in [5, 5.41) is 9.91. The number of aromatic nitrogens is 1. The Kier molecular flexibility index (Phi) is 6.96. The number of ether oxygens (including phenoxy) is 2. The molecule has 9 heteroatoms. The highest BCUT2D eigenvalue weighted by atomic mass is 16.6. The Labute approximate surface area is 180 Å². The number of phenolic OH excluding ortho intramolecular Hbond substituents is 1. The number of aromatic amines is 1. The summed E-state index contributed by atoms with van der Waals surface area (Å²) in [4.78, 5) is 44.3. The summed E-state index contributed by atoms with van der Waals surface area (Å²) < 4.78 is 10.1. The SMILES string of the molecule is COCCOC(=O)c1c(C)[nH]c(C(=O)N2CCN(C(=O)c3ccccc3O)CC2)c1C. The fourth-order valence-electron chi connectivity index (χ4n) is 3.66. The Balaban J connectivity index is 1.66. The number of benzene rings is 1. The average molecular weight is 429 g/mol. The lowest BCUT2D eigenvalue weighted by molar-refractivity contribution is 0.0386. The van der Waals surface area contributed by atoms with Gasteiger partial charge in [-0.15, -0.1) is 0 Å². The lowest BCUT2D eigenvalue weighted by Gasteiger charge is -2.34. The number of carbonyl (C=O) groups excluding carboxylic acids is 3. The van der Waals surface area contributed by atoms with Gasteiger partial charge in [0.1, 0.15) is 18.1 Å². The minimum absolute atomic E-state index is 0.0617. The number of carbonyl (C=O) groups is 3. The monoisotopic (exact) mass is 429 g/mol. The Morgan fingerprint density at radius 2 is 1.61 bits per heavy atom. The van der Waals surface area contributed by atoms with Crippen molar-refractivity contribution in [3.8, 4) is 5.75 Å². The van der Waals surface area contributed by atoms with Crippen molar-refractivity contribution in [2.24, 2.45) is 0 Å². The summed E-state index contributed by atoms with van der Waals surface area (Å²) >= 11 is 0. The standard InChI is InChI=1S/C22H27N3O6/c1-14-18(22(29)31-13-12-30-3)15(2)23-19(14)21(28)25-10-8-24(9-11-25)20(27)16-6-4-5-7-17(16)26/h4-7,23,26H,8-13H2,1-3H3. The van der Waals surface area contributed by atoms with Crippen LogP contribution in [0.2, 0.25) is 0 Å². The summed E-state index contributed by atoms with van der Waals surface area (Å²) in [6.07, 6.45) is 0. The number of hydrogen-bond donors (Lipinski definition) is 2. The molecule has 9 nitrogen and oxygen atoms in total. The minimum atomic E-state index is -0.500. The van der Waals surface area contributed by atoms with Crippen molar-refractivity contribution >= 4 is 17.8 Å². The largest absolute Gasteiger partial charge is 0.507 e. The molecule has 1 saturated heterocycles. The second-order valence-corrected chi connectivity index (χ2v) is 7.36. The topological polar surface area (TPSA) is 112 Å². The zero-order chi connectivity index (χ0) is 22.5. The first-order chi connectivity index (χ1) is 14.8. The molecule has 1 aromatic carbocycles. The Hall–Kier alpha value is -3.33. The van der Waals surface area contributed by atoms with Crippen molar-refractivity contribution in [2.75, 3.05) is 46.5 Å². The first-order valence-electron chi connectivity index (χ1n) is 10.1. The Morgan fingerprint density at radius 3 is 2.23 bits per heavy atom. The molecule has 0 spiro atoms. The maximum Gasteiger partial charge on any atom is 0.340 e. The van der Waals surface area contributed by atoms with Crippen molar-refractivity contribution < 1.29 is 29.0 Å². The number of para-hydroxylation sites is 1. The van der Waals surface area contributed by atoms with Crippen LogP contribution < -0.4 is 0 Å². The predicted molar refractivity (Wildman–Crippen MR) is 112 cm³/mol. The van der Waals surface area contributed by atoms with E-state index in [-0.39, 0.29) is 29.7 Å². The van der Waals surface area contributed by atoms with E-state index in [1.54, 1.807) is 41.8 Å². The lowest BCUT2D eigenvalue weighted by Crippen LogP contribution is -2.50. The molecule has 166 valence electrons. The molecule has 0 bridgehead atoms. The van der Waals surface area contributed by atoms with Crippen molar-refractivity contribution in [3.05, 3.63) is 52.3 Å². The van der Waals surface area contributed by atoms with Crippen LogP contribution in [0, 0.1) is 13.8 Å². The number of piperazine rings is 1. The van der Waals surface area contributed by atoms with Gasteiger partial charge in [0.25, 0.3) is 11.8 Å². The highest BCUT2D eigenvalue weighted by molar-refractivity contribution is 6.01. The molecule has 0 unspecified atom stereocenters. The van der Waals surface area contributed by atoms with Crippen LogP contribution in [0.15, 0.2) is 24.3 Å². The quantitative estimate of drug-likeness (QED) is 0.534. The van der Waals surface area contributed by atoms with Crippen molar-refractivity contribution in [1.29, 1.82) is 0 Å². The lowest BCUT2D eigenvalue weighted by atomic mass is 10.1. The smallest absolute Gasteiger partial charge is 0.340 e. The number of nitrogens with one attached hydrogen (secondary N) is 1. The third kappa shape index (κ3) is 4.72. The second-order valence-electron chi connectivity index (χ2n) is 7.36. The molecule has 3 rings (SSSR count). The maximum absolute atomic E-state index is 13.0. The number of esters is 1. The van der Waals surface area contributed by atoms with Crippen molar-refractivity contribution in [2.45, 2.75) is 13.8 Å². The molecule has 1 aromatic heterocycles. The number of phenols is 1. The van der Waals surface area contributed by atoms with E-state index in [0.717, 1.165) is 0 Å². The van der Waals surface area contributed by atoms with E-state index in [1.165, 1.54) is 13.2 Å². The van der Waals surface area contributed by atoms with E-state index < -0.39 is 5.97 Å². The molecule has 2 N–H and O–H groups in total. The fourth-order valence-corrected chi connectivity index (χ4v) is 3.66. The van der Waals surface area contributed by atoms with Crippen LogP contribution in [0.4, 0.5) is 0 Å². The van der Waals surface area contributed by atoms with Gasteiger partial charge in [0, 0.05) is 39.0 Å².